The van der Waals surface area contributed by atoms with Crippen molar-refractivity contribution in [2.45, 2.75) is 20.1 Å². The molecule has 31 heavy (non-hydrogen) atoms. The maximum absolute atomic E-state index is 14.5. The zero-order valence-electron chi connectivity index (χ0n) is 16.5. The Labute approximate surface area is 174 Å². The molecule has 9 nitrogen and oxygen atoms in total. The predicted molar refractivity (Wildman–Crippen MR) is 104 cm³/mol. The minimum Gasteiger partial charge on any atom is -0.483 e. The van der Waals surface area contributed by atoms with Gasteiger partial charge in [-0.1, -0.05) is 0 Å². The molecule has 0 saturated heterocycles. The molecule has 2 aromatic heterocycles. The van der Waals surface area contributed by atoms with E-state index in [0.717, 1.165) is 12.1 Å². The lowest BCUT2D eigenvalue weighted by atomic mass is 10.2. The highest BCUT2D eigenvalue weighted by atomic mass is 19.1. The van der Waals surface area contributed by atoms with Crippen molar-refractivity contribution in [1.82, 2.24) is 19.5 Å². The van der Waals surface area contributed by atoms with Crippen LogP contribution >= 0.6 is 0 Å². The Hall–Kier alpha value is -3.76. The van der Waals surface area contributed by atoms with Crippen molar-refractivity contribution in [3.8, 4) is 23.1 Å². The summed E-state index contributed by atoms with van der Waals surface area (Å²) in [7, 11) is 0. The highest BCUT2D eigenvalue weighted by Crippen LogP contribution is 2.39. The predicted octanol–water partition coefficient (Wildman–Crippen LogP) is 2.20. The van der Waals surface area contributed by atoms with Crippen molar-refractivity contribution < 1.29 is 23.0 Å². The molecule has 0 unspecified atom stereocenters. The van der Waals surface area contributed by atoms with Crippen LogP contribution in [0.1, 0.15) is 11.4 Å². The first-order chi connectivity index (χ1) is 15.0. The maximum atomic E-state index is 14.5. The summed E-state index contributed by atoms with van der Waals surface area (Å²) < 4.78 is 47.0. The lowest BCUT2D eigenvalue weighted by Gasteiger charge is -2.27. The summed E-state index contributed by atoms with van der Waals surface area (Å²) in [4.78, 5) is 26.1. The fraction of sp³-hybridized carbons (Fsp3) is 0.300. The maximum Gasteiger partial charge on any atom is 0.352 e. The first-order valence-electron chi connectivity index (χ1n) is 9.59. The molecule has 0 bridgehead atoms. The van der Waals surface area contributed by atoms with Crippen LogP contribution in [0.25, 0.3) is 0 Å². The van der Waals surface area contributed by atoms with Gasteiger partial charge >= 0.3 is 5.69 Å². The molecule has 0 N–H and O–H groups in total. The number of nitrogens with zero attached hydrogens (tertiary/aromatic N) is 5. The summed E-state index contributed by atoms with van der Waals surface area (Å²) in [5.41, 5.74) is -0.257. The first-order valence-corrected chi connectivity index (χ1v) is 9.59. The molecular formula is C20H17F2N5O4. The molecule has 2 aliphatic rings. The van der Waals surface area contributed by atoms with E-state index in [1.807, 2.05) is 4.90 Å². The molecule has 2 aliphatic heterocycles. The Morgan fingerprint density at radius 3 is 2.61 bits per heavy atom. The molecule has 5 rings (SSSR count). The highest BCUT2D eigenvalue weighted by molar-refractivity contribution is 5.61. The lowest BCUT2D eigenvalue weighted by molar-refractivity contribution is 0.245. The van der Waals surface area contributed by atoms with Crippen LogP contribution < -0.4 is 24.8 Å². The van der Waals surface area contributed by atoms with Gasteiger partial charge in [0.15, 0.2) is 29.0 Å². The normalized spacial score (nSPS) is 14.2. The second-order valence-corrected chi connectivity index (χ2v) is 7.08. The van der Waals surface area contributed by atoms with Crippen LogP contribution in [-0.2, 0) is 13.2 Å². The van der Waals surface area contributed by atoms with Gasteiger partial charge in [0, 0.05) is 13.1 Å². The van der Waals surface area contributed by atoms with E-state index in [-0.39, 0.29) is 23.8 Å². The van der Waals surface area contributed by atoms with Gasteiger partial charge in [-0.25, -0.2) is 23.5 Å². The van der Waals surface area contributed by atoms with E-state index >= 15 is 0 Å². The first kappa shape index (κ1) is 19.2. The van der Waals surface area contributed by atoms with Crippen molar-refractivity contribution in [2.24, 2.45) is 0 Å². The molecule has 0 atom stereocenters. The number of benzene rings is 1. The van der Waals surface area contributed by atoms with E-state index in [1.165, 1.54) is 17.0 Å². The Balaban J connectivity index is 1.37. The lowest BCUT2D eigenvalue weighted by Crippen LogP contribution is -2.32. The molecule has 0 amide bonds. The molecule has 0 spiro atoms. The number of aryl methyl sites for hydroxylation is 1. The fourth-order valence-corrected chi connectivity index (χ4v) is 3.55. The summed E-state index contributed by atoms with van der Waals surface area (Å²) in [6, 6.07) is 2.18. The molecule has 3 aromatic rings. The number of ether oxygens (including phenoxy) is 3. The van der Waals surface area contributed by atoms with Gasteiger partial charge in [0.25, 0.3) is 5.88 Å². The van der Waals surface area contributed by atoms with Crippen LogP contribution in [0, 0.1) is 18.6 Å². The molecule has 0 aliphatic carbocycles. The topological polar surface area (TPSA) is 91.6 Å². The summed E-state index contributed by atoms with van der Waals surface area (Å²) in [6.45, 7) is 3.79. The molecule has 4 heterocycles. The number of anilines is 1. The number of rotatable bonds is 5. The van der Waals surface area contributed by atoms with Gasteiger partial charge in [0.05, 0.1) is 18.9 Å². The van der Waals surface area contributed by atoms with E-state index in [1.54, 1.807) is 6.92 Å². The molecular weight excluding hydrogens is 412 g/mol. The third-order valence-electron chi connectivity index (χ3n) is 4.99. The van der Waals surface area contributed by atoms with E-state index in [2.05, 4.69) is 15.0 Å². The molecule has 0 fully saturated rings. The van der Waals surface area contributed by atoms with E-state index in [0.29, 0.717) is 43.6 Å². The fourth-order valence-electron chi connectivity index (χ4n) is 3.55. The van der Waals surface area contributed by atoms with Crippen molar-refractivity contribution in [3.63, 3.8) is 0 Å². The standard InChI is InChI=1S/C20H17F2N5O4/c1-11-23-8-13(9-24-11)31-16-14(21)6-12(7-15(16)22)10-30-18-17-19-26(4-5-29-17)2-3-27(19)20(28)25-18/h6-9H,2-5,10H2,1H3. The molecule has 1 aromatic carbocycles. The van der Waals surface area contributed by atoms with E-state index in [9.17, 15) is 13.6 Å². The van der Waals surface area contributed by atoms with E-state index < -0.39 is 23.1 Å². The highest BCUT2D eigenvalue weighted by Gasteiger charge is 2.32. The monoisotopic (exact) mass is 429 g/mol. The number of hydrogen-bond acceptors (Lipinski definition) is 8. The quantitative estimate of drug-likeness (QED) is 0.610. The second kappa shape index (κ2) is 7.49. The summed E-state index contributed by atoms with van der Waals surface area (Å²) >= 11 is 0. The van der Waals surface area contributed by atoms with Crippen LogP contribution in [-0.4, -0.2) is 39.2 Å². The van der Waals surface area contributed by atoms with Crippen LogP contribution in [0.2, 0.25) is 0 Å². The van der Waals surface area contributed by atoms with E-state index in [4.69, 9.17) is 14.2 Å². The summed E-state index contributed by atoms with van der Waals surface area (Å²) in [6.07, 6.45) is 2.65. The van der Waals surface area contributed by atoms with Crippen LogP contribution in [0.5, 0.6) is 23.1 Å². The minimum atomic E-state index is -0.912. The SMILES string of the molecule is Cc1ncc(Oc2c(F)cc(COc3nc(=O)n4c5c3OCCN5CC4)cc2F)cn1. The average molecular weight is 429 g/mol. The minimum absolute atomic E-state index is 0.000738. The largest absolute Gasteiger partial charge is 0.483 e. The van der Waals surface area contributed by atoms with Gasteiger partial charge in [-0.15, -0.1) is 0 Å². The van der Waals surface area contributed by atoms with Gasteiger partial charge in [-0.2, -0.15) is 4.98 Å². The molecule has 0 radical (unpaired) electrons. The van der Waals surface area contributed by atoms with Gasteiger partial charge in [0.2, 0.25) is 5.75 Å². The molecule has 0 saturated carbocycles. The summed E-state index contributed by atoms with van der Waals surface area (Å²) in [5, 5.41) is 0. The van der Waals surface area contributed by atoms with Gasteiger partial charge < -0.3 is 19.1 Å². The van der Waals surface area contributed by atoms with Gasteiger partial charge in [-0.3, -0.25) is 4.57 Å². The van der Waals surface area contributed by atoms with Crippen molar-refractivity contribution in [2.75, 3.05) is 24.6 Å². The van der Waals surface area contributed by atoms with Gasteiger partial charge in [0.1, 0.15) is 19.0 Å². The molecule has 11 heteroatoms. The average Bonchev–Trinajstić information content (AvgIpc) is 3.19. The summed E-state index contributed by atoms with van der Waals surface area (Å²) in [5.74, 6) is -0.788. The Bertz CT molecular complexity index is 1190. The molecule has 160 valence electrons. The Morgan fingerprint density at radius 2 is 1.87 bits per heavy atom. The zero-order valence-corrected chi connectivity index (χ0v) is 16.5. The number of hydrogen-bond donors (Lipinski definition) is 0. The number of aromatic nitrogens is 4. The van der Waals surface area contributed by atoms with Crippen LogP contribution in [0.4, 0.5) is 14.6 Å². The van der Waals surface area contributed by atoms with Crippen LogP contribution in [0.15, 0.2) is 29.3 Å². The van der Waals surface area contributed by atoms with Crippen molar-refractivity contribution in [1.29, 1.82) is 0 Å². The second-order valence-electron chi connectivity index (χ2n) is 7.08. The third kappa shape index (κ3) is 3.51. The Kier molecular flexibility index (Phi) is 4.64. The van der Waals surface area contributed by atoms with Crippen molar-refractivity contribution in [3.05, 3.63) is 58.0 Å². The van der Waals surface area contributed by atoms with Crippen molar-refractivity contribution >= 4 is 5.82 Å². The Morgan fingerprint density at radius 1 is 1.13 bits per heavy atom. The van der Waals surface area contributed by atoms with Crippen LogP contribution in [0.3, 0.4) is 0 Å². The third-order valence-corrected chi connectivity index (χ3v) is 4.99. The zero-order chi connectivity index (χ0) is 21.5. The smallest absolute Gasteiger partial charge is 0.352 e. The van der Waals surface area contributed by atoms with Gasteiger partial charge in [-0.05, 0) is 24.6 Å². The number of halogens is 2.